The van der Waals surface area contributed by atoms with E-state index in [0.717, 1.165) is 13.1 Å². The van der Waals surface area contributed by atoms with Crippen molar-refractivity contribution in [1.29, 1.82) is 0 Å². The lowest BCUT2D eigenvalue weighted by Gasteiger charge is -2.11. The molecule has 0 aliphatic carbocycles. The van der Waals surface area contributed by atoms with Crippen LogP contribution in [-0.2, 0) is 13.1 Å². The van der Waals surface area contributed by atoms with Gasteiger partial charge in [0.25, 0.3) is 0 Å². The van der Waals surface area contributed by atoms with Crippen LogP contribution >= 0.6 is 0 Å². The summed E-state index contributed by atoms with van der Waals surface area (Å²) in [7, 11) is 0. The maximum Gasteiger partial charge on any atom is 0.0211 e. The molecule has 0 aliphatic rings. The third kappa shape index (κ3) is 3.68. The highest BCUT2D eigenvalue weighted by Crippen LogP contribution is 2.12. The zero-order valence-electron chi connectivity index (χ0n) is 12.4. The van der Waals surface area contributed by atoms with Gasteiger partial charge >= 0.3 is 0 Å². The number of hydrogen-bond donors (Lipinski definition) is 1. The Morgan fingerprint density at radius 1 is 0.684 bits per heavy atom. The molecule has 0 radical (unpaired) electrons. The van der Waals surface area contributed by atoms with Crippen molar-refractivity contribution in [3.8, 4) is 0 Å². The van der Waals surface area contributed by atoms with Gasteiger partial charge in [-0.2, -0.15) is 0 Å². The van der Waals surface area contributed by atoms with Crippen LogP contribution in [0, 0.1) is 27.7 Å². The minimum atomic E-state index is 0.930. The van der Waals surface area contributed by atoms with Crippen LogP contribution in [0.15, 0.2) is 36.4 Å². The first-order valence-corrected chi connectivity index (χ1v) is 6.89. The summed E-state index contributed by atoms with van der Waals surface area (Å²) in [6.45, 7) is 10.5. The molecule has 2 aromatic rings. The minimum Gasteiger partial charge on any atom is -0.309 e. The highest BCUT2D eigenvalue weighted by Gasteiger charge is 2.01. The van der Waals surface area contributed by atoms with E-state index in [1.165, 1.54) is 33.4 Å². The molecule has 2 aromatic carbocycles. The summed E-state index contributed by atoms with van der Waals surface area (Å²) in [5, 5.41) is 3.54. The summed E-state index contributed by atoms with van der Waals surface area (Å²) in [6, 6.07) is 13.3. The average Bonchev–Trinajstić information content (AvgIpc) is 2.34. The number of aryl methyl sites for hydroxylation is 4. The lowest BCUT2D eigenvalue weighted by atomic mass is 10.0. The fraction of sp³-hybridized carbons (Fsp3) is 0.333. The molecule has 0 fully saturated rings. The summed E-state index contributed by atoms with van der Waals surface area (Å²) in [5.74, 6) is 0. The monoisotopic (exact) mass is 253 g/mol. The van der Waals surface area contributed by atoms with Crippen LogP contribution in [0.5, 0.6) is 0 Å². The third-order valence-electron chi connectivity index (χ3n) is 3.63. The normalized spacial score (nSPS) is 10.7. The highest BCUT2D eigenvalue weighted by atomic mass is 14.8. The molecule has 0 atom stereocenters. The van der Waals surface area contributed by atoms with Crippen molar-refractivity contribution in [3.63, 3.8) is 0 Å². The van der Waals surface area contributed by atoms with E-state index < -0.39 is 0 Å². The minimum absolute atomic E-state index is 0.930. The Bertz CT molecular complexity index is 518. The quantitative estimate of drug-likeness (QED) is 0.860. The van der Waals surface area contributed by atoms with Crippen LogP contribution in [0.4, 0.5) is 0 Å². The Hall–Kier alpha value is -1.60. The van der Waals surface area contributed by atoms with E-state index in [4.69, 9.17) is 0 Å². The largest absolute Gasteiger partial charge is 0.309 e. The van der Waals surface area contributed by atoms with E-state index in [1.807, 2.05) is 0 Å². The van der Waals surface area contributed by atoms with Gasteiger partial charge in [-0.15, -0.1) is 0 Å². The van der Waals surface area contributed by atoms with E-state index >= 15 is 0 Å². The molecule has 0 aliphatic heterocycles. The van der Waals surface area contributed by atoms with Gasteiger partial charge in [0.05, 0.1) is 0 Å². The Morgan fingerprint density at radius 3 is 1.47 bits per heavy atom. The first-order valence-electron chi connectivity index (χ1n) is 6.89. The highest BCUT2D eigenvalue weighted by molar-refractivity contribution is 5.32. The fourth-order valence-electron chi connectivity index (χ4n) is 2.42. The molecule has 0 heterocycles. The summed E-state index contributed by atoms with van der Waals surface area (Å²) >= 11 is 0. The second kappa shape index (κ2) is 6.03. The maximum absolute atomic E-state index is 3.54. The van der Waals surface area contributed by atoms with Gasteiger partial charge in [0.2, 0.25) is 0 Å². The van der Waals surface area contributed by atoms with E-state index in [2.05, 4.69) is 69.4 Å². The van der Waals surface area contributed by atoms with Gasteiger partial charge in [0, 0.05) is 13.1 Å². The molecule has 100 valence electrons. The van der Waals surface area contributed by atoms with Gasteiger partial charge < -0.3 is 5.32 Å². The van der Waals surface area contributed by atoms with Crippen molar-refractivity contribution in [2.24, 2.45) is 0 Å². The summed E-state index contributed by atoms with van der Waals surface area (Å²) < 4.78 is 0. The van der Waals surface area contributed by atoms with Crippen LogP contribution in [-0.4, -0.2) is 0 Å². The summed E-state index contributed by atoms with van der Waals surface area (Å²) in [4.78, 5) is 0. The standard InChI is InChI=1S/C18H23N/c1-13-5-7-17(15(3)9-13)11-19-12-18-8-6-14(2)10-16(18)4/h5-10,19H,11-12H2,1-4H3. The van der Waals surface area contributed by atoms with Gasteiger partial charge in [-0.3, -0.25) is 0 Å². The van der Waals surface area contributed by atoms with E-state index in [9.17, 15) is 0 Å². The molecule has 0 bridgehead atoms. The predicted molar refractivity (Wildman–Crippen MR) is 82.4 cm³/mol. The van der Waals surface area contributed by atoms with Crippen molar-refractivity contribution in [1.82, 2.24) is 5.32 Å². The lowest BCUT2D eigenvalue weighted by Crippen LogP contribution is -2.14. The van der Waals surface area contributed by atoms with Gasteiger partial charge in [0.1, 0.15) is 0 Å². The van der Waals surface area contributed by atoms with Crippen LogP contribution < -0.4 is 5.32 Å². The maximum atomic E-state index is 3.54. The van der Waals surface area contributed by atoms with E-state index in [1.54, 1.807) is 0 Å². The lowest BCUT2D eigenvalue weighted by molar-refractivity contribution is 0.687. The molecular formula is C18H23N. The van der Waals surface area contributed by atoms with Gasteiger partial charge in [-0.25, -0.2) is 0 Å². The molecule has 2 rings (SSSR count). The Kier molecular flexibility index (Phi) is 4.39. The summed E-state index contributed by atoms with van der Waals surface area (Å²) in [5.41, 5.74) is 8.17. The molecule has 0 unspecified atom stereocenters. The summed E-state index contributed by atoms with van der Waals surface area (Å²) in [6.07, 6.45) is 0. The third-order valence-corrected chi connectivity index (χ3v) is 3.63. The van der Waals surface area contributed by atoms with Crippen molar-refractivity contribution in [2.75, 3.05) is 0 Å². The topological polar surface area (TPSA) is 12.0 Å². The molecule has 0 spiro atoms. The molecule has 19 heavy (non-hydrogen) atoms. The second-order valence-electron chi connectivity index (χ2n) is 5.46. The van der Waals surface area contributed by atoms with Crippen molar-refractivity contribution in [3.05, 3.63) is 69.8 Å². The van der Waals surface area contributed by atoms with E-state index in [0.29, 0.717) is 0 Å². The van der Waals surface area contributed by atoms with Crippen molar-refractivity contribution in [2.45, 2.75) is 40.8 Å². The molecule has 0 saturated heterocycles. The van der Waals surface area contributed by atoms with Crippen molar-refractivity contribution < 1.29 is 0 Å². The molecular weight excluding hydrogens is 230 g/mol. The zero-order chi connectivity index (χ0) is 13.8. The van der Waals surface area contributed by atoms with Crippen molar-refractivity contribution >= 4 is 0 Å². The van der Waals surface area contributed by atoms with Gasteiger partial charge in [0.15, 0.2) is 0 Å². The Labute approximate surface area is 116 Å². The smallest absolute Gasteiger partial charge is 0.0211 e. The first-order chi connectivity index (χ1) is 9.06. The number of rotatable bonds is 4. The fourth-order valence-corrected chi connectivity index (χ4v) is 2.42. The Balaban J connectivity index is 1.96. The average molecular weight is 253 g/mol. The second-order valence-corrected chi connectivity index (χ2v) is 5.46. The molecule has 1 heteroatoms. The molecule has 0 saturated carbocycles. The zero-order valence-corrected chi connectivity index (χ0v) is 12.4. The van der Waals surface area contributed by atoms with Crippen LogP contribution in [0.1, 0.15) is 33.4 Å². The first kappa shape index (κ1) is 13.8. The van der Waals surface area contributed by atoms with Crippen LogP contribution in [0.2, 0.25) is 0 Å². The molecule has 1 N–H and O–H groups in total. The van der Waals surface area contributed by atoms with Crippen LogP contribution in [0.25, 0.3) is 0 Å². The van der Waals surface area contributed by atoms with Gasteiger partial charge in [-0.05, 0) is 49.9 Å². The molecule has 1 nitrogen and oxygen atoms in total. The molecule has 0 aromatic heterocycles. The SMILES string of the molecule is Cc1ccc(CNCc2ccc(C)cc2C)c(C)c1. The molecule has 0 amide bonds. The predicted octanol–water partition coefficient (Wildman–Crippen LogP) is 4.21. The van der Waals surface area contributed by atoms with E-state index in [-0.39, 0.29) is 0 Å². The van der Waals surface area contributed by atoms with Gasteiger partial charge in [-0.1, -0.05) is 47.5 Å². The Morgan fingerprint density at radius 2 is 1.11 bits per heavy atom. The number of nitrogens with one attached hydrogen (secondary N) is 1. The number of benzene rings is 2. The van der Waals surface area contributed by atoms with Crippen LogP contribution in [0.3, 0.4) is 0 Å². The number of hydrogen-bond acceptors (Lipinski definition) is 1.